The van der Waals surface area contributed by atoms with Crippen LogP contribution in [0.1, 0.15) is 32.1 Å². The summed E-state index contributed by atoms with van der Waals surface area (Å²) in [5.41, 5.74) is 0. The topological polar surface area (TPSA) is 72.5 Å². The van der Waals surface area contributed by atoms with Gasteiger partial charge < -0.3 is 14.8 Å². The van der Waals surface area contributed by atoms with Crippen molar-refractivity contribution in [2.45, 2.75) is 26.3 Å². The molecule has 2 aliphatic heterocycles. The maximum Gasteiger partial charge on any atom is 0.228 e. The molecule has 1 N–H and O–H groups in total. The molecule has 2 atom stereocenters. The lowest BCUT2D eigenvalue weighted by molar-refractivity contribution is -0.138. The van der Waals surface area contributed by atoms with Crippen LogP contribution in [-0.2, 0) is 9.59 Å². The summed E-state index contributed by atoms with van der Waals surface area (Å²) < 4.78 is 0. The minimum Gasteiger partial charge on any atom is -0.347 e. The molecule has 0 bridgehead atoms. The summed E-state index contributed by atoms with van der Waals surface area (Å²) in [5.74, 6) is 0.928. The summed E-state index contributed by atoms with van der Waals surface area (Å²) in [6.45, 7) is 8.46. The number of hydrogen-bond acceptors (Lipinski definition) is 4. The second-order valence-electron chi connectivity index (χ2n) is 6.24. The lowest BCUT2D eigenvalue weighted by atomic mass is 10.0. The number of amides is 2. The number of H-pyrrole nitrogens is 1. The fraction of sp³-hybridized carbons (Fsp3) is 0.688. The number of nitrogens with zero attached hydrogens (tertiary/aromatic N) is 4. The minimum atomic E-state index is -0.187. The van der Waals surface area contributed by atoms with Gasteiger partial charge in [0.2, 0.25) is 11.8 Å². The normalized spacial score (nSPS) is 26.1. The van der Waals surface area contributed by atoms with Crippen LogP contribution >= 0.6 is 0 Å². The molecule has 0 unspecified atom stereocenters. The number of likely N-dealkylation sites (tertiary alicyclic amines) is 1. The zero-order chi connectivity index (χ0) is 16.4. The maximum atomic E-state index is 12.8. The average molecular weight is 319 g/mol. The molecule has 1 aromatic rings. The number of aromatic nitrogens is 2. The van der Waals surface area contributed by atoms with Crippen LogP contribution in [-0.4, -0.2) is 75.8 Å². The third-order valence-electron chi connectivity index (χ3n) is 4.99. The molecule has 2 amide bonds. The summed E-state index contributed by atoms with van der Waals surface area (Å²) in [7, 11) is 0. The predicted octanol–water partition coefficient (Wildman–Crippen LogP) is 0.483. The Hall–Kier alpha value is -1.89. The van der Waals surface area contributed by atoms with Crippen LogP contribution < -0.4 is 0 Å². The van der Waals surface area contributed by atoms with Gasteiger partial charge in [-0.3, -0.25) is 14.5 Å². The highest BCUT2D eigenvalue weighted by Gasteiger charge is 2.38. The zero-order valence-electron chi connectivity index (χ0n) is 13.9. The van der Waals surface area contributed by atoms with Crippen LogP contribution in [0.15, 0.2) is 12.4 Å². The second-order valence-corrected chi connectivity index (χ2v) is 6.24. The molecular formula is C16H25N5O2. The second kappa shape index (κ2) is 6.70. The van der Waals surface area contributed by atoms with Gasteiger partial charge in [0, 0.05) is 51.5 Å². The number of rotatable bonds is 4. The van der Waals surface area contributed by atoms with Crippen molar-refractivity contribution in [3.05, 3.63) is 18.2 Å². The van der Waals surface area contributed by atoms with Crippen LogP contribution in [0.3, 0.4) is 0 Å². The van der Waals surface area contributed by atoms with E-state index in [4.69, 9.17) is 0 Å². The first-order chi connectivity index (χ1) is 11.1. The highest BCUT2D eigenvalue weighted by atomic mass is 16.2. The first-order valence-corrected chi connectivity index (χ1v) is 8.43. The van der Waals surface area contributed by atoms with Gasteiger partial charge in [-0.15, -0.1) is 0 Å². The molecule has 0 aromatic carbocycles. The lowest BCUT2D eigenvalue weighted by Gasteiger charge is -2.40. The molecule has 2 aliphatic rings. The van der Waals surface area contributed by atoms with Crippen LogP contribution in [0.25, 0.3) is 0 Å². The van der Waals surface area contributed by atoms with Crippen LogP contribution in [0, 0.1) is 5.92 Å². The van der Waals surface area contributed by atoms with Gasteiger partial charge in [0.1, 0.15) is 5.82 Å². The summed E-state index contributed by atoms with van der Waals surface area (Å²) in [6, 6.07) is 0.104. The molecule has 2 fully saturated rings. The van der Waals surface area contributed by atoms with Crippen molar-refractivity contribution in [2.75, 3.05) is 39.3 Å². The Morgan fingerprint density at radius 3 is 2.74 bits per heavy atom. The molecule has 0 aliphatic carbocycles. The Morgan fingerprint density at radius 1 is 1.30 bits per heavy atom. The molecule has 3 heterocycles. The Labute approximate surface area is 136 Å². The number of aromatic amines is 1. The molecule has 7 heteroatoms. The van der Waals surface area contributed by atoms with Crippen LogP contribution in [0.5, 0.6) is 0 Å². The van der Waals surface area contributed by atoms with Crippen molar-refractivity contribution in [1.82, 2.24) is 24.7 Å². The lowest BCUT2D eigenvalue weighted by Crippen LogP contribution is -2.52. The molecule has 0 spiro atoms. The van der Waals surface area contributed by atoms with Crippen molar-refractivity contribution in [1.29, 1.82) is 0 Å². The van der Waals surface area contributed by atoms with Crippen LogP contribution in [0.4, 0.5) is 0 Å². The number of likely N-dealkylation sites (N-methyl/N-ethyl adjacent to an activating group) is 1. The SMILES string of the molecule is CCN1C[C@H](C(=O)N2CCN(CC)[C@@H](c3ncc[nH]3)C2)CC1=O. The van der Waals surface area contributed by atoms with E-state index in [0.29, 0.717) is 26.1 Å². The Morgan fingerprint density at radius 2 is 2.13 bits per heavy atom. The molecule has 7 nitrogen and oxygen atoms in total. The Kier molecular flexibility index (Phi) is 4.66. The summed E-state index contributed by atoms with van der Waals surface area (Å²) in [5, 5.41) is 0. The number of carbonyl (C=O) groups is 2. The quantitative estimate of drug-likeness (QED) is 0.876. The third-order valence-corrected chi connectivity index (χ3v) is 4.99. The van der Waals surface area contributed by atoms with Gasteiger partial charge in [0.05, 0.1) is 12.0 Å². The van der Waals surface area contributed by atoms with Crippen molar-refractivity contribution < 1.29 is 9.59 Å². The maximum absolute atomic E-state index is 12.8. The first kappa shape index (κ1) is 16.0. The van der Waals surface area contributed by atoms with E-state index in [9.17, 15) is 9.59 Å². The van der Waals surface area contributed by atoms with Gasteiger partial charge >= 0.3 is 0 Å². The van der Waals surface area contributed by atoms with Gasteiger partial charge in [0.25, 0.3) is 0 Å². The highest BCUT2D eigenvalue weighted by Crippen LogP contribution is 2.26. The van der Waals surface area contributed by atoms with Crippen molar-refractivity contribution in [2.24, 2.45) is 5.92 Å². The van der Waals surface area contributed by atoms with Gasteiger partial charge in [-0.2, -0.15) is 0 Å². The van der Waals surface area contributed by atoms with E-state index in [0.717, 1.165) is 25.5 Å². The summed E-state index contributed by atoms with van der Waals surface area (Å²) in [4.78, 5) is 38.3. The number of hydrogen-bond donors (Lipinski definition) is 1. The van der Waals surface area contributed by atoms with E-state index in [-0.39, 0.29) is 23.8 Å². The van der Waals surface area contributed by atoms with E-state index >= 15 is 0 Å². The molecule has 0 saturated carbocycles. The monoisotopic (exact) mass is 319 g/mol. The van der Waals surface area contributed by atoms with E-state index in [1.807, 2.05) is 18.0 Å². The molecule has 3 rings (SSSR count). The minimum absolute atomic E-state index is 0.0978. The fourth-order valence-electron chi connectivity index (χ4n) is 3.62. The predicted molar refractivity (Wildman–Crippen MR) is 85.5 cm³/mol. The first-order valence-electron chi connectivity index (χ1n) is 8.43. The number of piperazine rings is 1. The standard InChI is InChI=1S/C16H25N5O2/c1-3-19-7-8-21(11-13(19)15-17-5-6-18-15)16(23)12-9-14(22)20(4-2)10-12/h5-6,12-13H,3-4,7-11H2,1-2H3,(H,17,18)/t12-,13-/m1/s1. The number of imidazole rings is 1. The molecule has 23 heavy (non-hydrogen) atoms. The van der Waals surface area contributed by atoms with Gasteiger partial charge in [0.15, 0.2) is 0 Å². The van der Waals surface area contributed by atoms with Crippen molar-refractivity contribution in [3.8, 4) is 0 Å². The average Bonchev–Trinajstić information content (AvgIpc) is 3.23. The molecular weight excluding hydrogens is 294 g/mol. The Bertz CT molecular complexity index is 559. The summed E-state index contributed by atoms with van der Waals surface area (Å²) in [6.07, 6.45) is 3.92. The zero-order valence-corrected chi connectivity index (χ0v) is 13.9. The summed E-state index contributed by atoms with van der Waals surface area (Å²) >= 11 is 0. The van der Waals surface area contributed by atoms with E-state index in [1.54, 1.807) is 11.1 Å². The molecule has 126 valence electrons. The third kappa shape index (κ3) is 3.10. The van der Waals surface area contributed by atoms with Gasteiger partial charge in [-0.25, -0.2) is 4.98 Å². The molecule has 1 aromatic heterocycles. The molecule has 0 radical (unpaired) electrons. The molecule has 2 saturated heterocycles. The van der Waals surface area contributed by atoms with Crippen molar-refractivity contribution >= 4 is 11.8 Å². The van der Waals surface area contributed by atoms with E-state index in [1.165, 1.54) is 0 Å². The largest absolute Gasteiger partial charge is 0.347 e. The van der Waals surface area contributed by atoms with E-state index < -0.39 is 0 Å². The van der Waals surface area contributed by atoms with Gasteiger partial charge in [-0.05, 0) is 13.5 Å². The smallest absolute Gasteiger partial charge is 0.228 e. The highest BCUT2D eigenvalue weighted by molar-refractivity contribution is 5.89. The van der Waals surface area contributed by atoms with Crippen molar-refractivity contribution in [3.63, 3.8) is 0 Å². The van der Waals surface area contributed by atoms with Crippen LogP contribution in [0.2, 0.25) is 0 Å². The Balaban J connectivity index is 1.69. The number of nitrogens with one attached hydrogen (secondary N) is 1. The van der Waals surface area contributed by atoms with Gasteiger partial charge in [-0.1, -0.05) is 6.92 Å². The number of carbonyl (C=O) groups excluding carboxylic acids is 2. The van der Waals surface area contributed by atoms with E-state index in [2.05, 4.69) is 21.8 Å². The fourth-order valence-corrected chi connectivity index (χ4v) is 3.62.